The highest BCUT2D eigenvalue weighted by Gasteiger charge is 2.26. The van der Waals surface area contributed by atoms with Gasteiger partial charge in [-0.2, -0.15) is 0 Å². The van der Waals surface area contributed by atoms with E-state index in [0.29, 0.717) is 11.1 Å². The van der Waals surface area contributed by atoms with E-state index in [-0.39, 0.29) is 28.3 Å². The Morgan fingerprint density at radius 2 is 1.05 bits per heavy atom. The van der Waals surface area contributed by atoms with E-state index in [0.717, 1.165) is 18.2 Å². The maximum atomic E-state index is 15.4. The molecule has 0 atom stereocenters. The molecule has 0 heterocycles. The van der Waals surface area contributed by atoms with Crippen LogP contribution in [0.25, 0.3) is 22.3 Å². The molecular weight excluding hydrogens is 582 g/mol. The van der Waals surface area contributed by atoms with Gasteiger partial charge >= 0.3 is 0 Å². The molecule has 0 saturated heterocycles. The molecule has 0 aromatic heterocycles. The predicted octanol–water partition coefficient (Wildman–Crippen LogP) is 6.91. The quantitative estimate of drug-likeness (QED) is 0.190. The molecule has 0 aliphatic rings. The van der Waals surface area contributed by atoms with E-state index >= 15 is 8.78 Å². The van der Waals surface area contributed by atoms with Crippen LogP contribution in [0.15, 0.2) is 125 Å². The number of hydrogen-bond donors (Lipinski definition) is 2. The van der Waals surface area contributed by atoms with Crippen molar-refractivity contribution in [1.82, 2.24) is 0 Å². The van der Waals surface area contributed by atoms with E-state index in [2.05, 4.69) is 9.44 Å². The first-order valence-electron chi connectivity index (χ1n) is 12.5. The summed E-state index contributed by atoms with van der Waals surface area (Å²) in [5.74, 6) is -1.80. The lowest BCUT2D eigenvalue weighted by Gasteiger charge is -2.16. The van der Waals surface area contributed by atoms with Crippen LogP contribution in [0.4, 0.5) is 20.2 Å². The van der Waals surface area contributed by atoms with Gasteiger partial charge in [-0.15, -0.1) is 0 Å². The van der Waals surface area contributed by atoms with Crippen LogP contribution in [0.5, 0.6) is 5.75 Å². The van der Waals surface area contributed by atoms with Crippen LogP contribution in [0.3, 0.4) is 0 Å². The van der Waals surface area contributed by atoms with Crippen molar-refractivity contribution in [3.05, 3.63) is 127 Å². The normalized spacial score (nSPS) is 11.6. The molecule has 2 N–H and O–H groups in total. The van der Waals surface area contributed by atoms with Crippen molar-refractivity contribution in [3.8, 4) is 28.0 Å². The summed E-state index contributed by atoms with van der Waals surface area (Å²) >= 11 is 0. The molecule has 11 heteroatoms. The van der Waals surface area contributed by atoms with Crippen molar-refractivity contribution in [1.29, 1.82) is 0 Å². The van der Waals surface area contributed by atoms with Gasteiger partial charge in [0, 0.05) is 11.1 Å². The molecule has 5 rings (SSSR count). The van der Waals surface area contributed by atoms with Gasteiger partial charge in [-0.05, 0) is 41.5 Å². The average Bonchev–Trinajstić information content (AvgIpc) is 2.99. The van der Waals surface area contributed by atoms with Crippen LogP contribution in [0.1, 0.15) is 0 Å². The minimum absolute atomic E-state index is 0.169. The fourth-order valence-electron chi connectivity index (χ4n) is 4.34. The summed E-state index contributed by atoms with van der Waals surface area (Å²) < 4.78 is 93.8. The third kappa shape index (κ3) is 5.83. The number of halogens is 2. The van der Waals surface area contributed by atoms with Gasteiger partial charge in [0.25, 0.3) is 20.0 Å². The van der Waals surface area contributed by atoms with E-state index in [1.54, 1.807) is 60.7 Å². The largest absolute Gasteiger partial charge is 0.495 e. The van der Waals surface area contributed by atoms with Crippen LogP contribution in [0, 0.1) is 11.6 Å². The Bertz CT molecular complexity index is 1970. The number of hydrogen-bond acceptors (Lipinski definition) is 5. The van der Waals surface area contributed by atoms with E-state index in [1.165, 1.54) is 43.5 Å². The van der Waals surface area contributed by atoms with Crippen molar-refractivity contribution in [2.24, 2.45) is 0 Å². The minimum Gasteiger partial charge on any atom is -0.495 e. The molecule has 5 aromatic carbocycles. The number of nitrogens with one attached hydrogen (secondary N) is 2. The molecule has 214 valence electrons. The summed E-state index contributed by atoms with van der Waals surface area (Å²) in [5.41, 5.74) is 0.764. The van der Waals surface area contributed by atoms with Gasteiger partial charge < -0.3 is 4.74 Å². The number of benzene rings is 5. The molecule has 0 amide bonds. The molecule has 0 bridgehead atoms. The van der Waals surface area contributed by atoms with Crippen molar-refractivity contribution >= 4 is 31.4 Å². The molecule has 0 aliphatic carbocycles. The monoisotopic (exact) mass is 606 g/mol. The molecule has 0 radical (unpaired) electrons. The highest BCUT2D eigenvalue weighted by molar-refractivity contribution is 7.93. The Morgan fingerprint density at radius 3 is 1.52 bits per heavy atom. The zero-order valence-corrected chi connectivity index (χ0v) is 23.7. The first-order valence-corrected chi connectivity index (χ1v) is 15.5. The predicted molar refractivity (Wildman–Crippen MR) is 158 cm³/mol. The first kappa shape index (κ1) is 28.8. The molecule has 0 fully saturated rings. The Labute approximate surface area is 242 Å². The molecule has 0 saturated carbocycles. The van der Waals surface area contributed by atoms with Crippen LogP contribution >= 0.6 is 0 Å². The second-order valence-electron chi connectivity index (χ2n) is 9.09. The topological polar surface area (TPSA) is 102 Å². The van der Waals surface area contributed by atoms with E-state index in [4.69, 9.17) is 4.74 Å². The standard InChI is InChI=1S/C31H24F2N2O5S2/c1-40-28-19-18-23(41(36,37)34-26-16-8-14-24(30(26)32)21-10-4-2-5-11-21)20-29(28)42(38,39)35-27-17-9-15-25(31(27)33)22-12-6-3-7-13-22/h2-20,34-35H,1H3. The van der Waals surface area contributed by atoms with Crippen molar-refractivity contribution in [3.63, 3.8) is 0 Å². The molecule has 5 aromatic rings. The highest BCUT2D eigenvalue weighted by atomic mass is 32.2. The summed E-state index contributed by atoms with van der Waals surface area (Å²) in [6.45, 7) is 0. The third-order valence-electron chi connectivity index (χ3n) is 6.39. The molecular formula is C31H24F2N2O5S2. The fraction of sp³-hybridized carbons (Fsp3) is 0.0323. The zero-order chi connectivity index (χ0) is 29.9. The summed E-state index contributed by atoms with van der Waals surface area (Å²) in [4.78, 5) is -1.04. The fourth-order valence-corrected chi connectivity index (χ4v) is 6.76. The maximum absolute atomic E-state index is 15.4. The van der Waals surface area contributed by atoms with Crippen molar-refractivity contribution < 1.29 is 30.4 Å². The van der Waals surface area contributed by atoms with Gasteiger partial charge in [-0.25, -0.2) is 25.6 Å². The molecule has 0 aliphatic heterocycles. The summed E-state index contributed by atoms with van der Waals surface area (Å²) in [6, 6.07) is 28.8. The Balaban J connectivity index is 1.49. The number of rotatable bonds is 9. The first-order chi connectivity index (χ1) is 20.1. The van der Waals surface area contributed by atoms with E-state index in [1.807, 2.05) is 0 Å². The van der Waals surface area contributed by atoms with Crippen LogP contribution in [0.2, 0.25) is 0 Å². The second kappa shape index (κ2) is 11.6. The number of sulfonamides is 2. The Kier molecular flexibility index (Phi) is 7.97. The van der Waals surface area contributed by atoms with Gasteiger partial charge in [0.05, 0.1) is 23.4 Å². The van der Waals surface area contributed by atoms with Gasteiger partial charge in [-0.3, -0.25) is 9.44 Å². The van der Waals surface area contributed by atoms with Gasteiger partial charge in [0.15, 0.2) is 11.6 Å². The highest BCUT2D eigenvalue weighted by Crippen LogP contribution is 2.34. The molecule has 0 unspecified atom stereocenters. The van der Waals surface area contributed by atoms with E-state index in [9.17, 15) is 16.8 Å². The summed E-state index contributed by atoms with van der Waals surface area (Å²) in [7, 11) is -7.83. The molecule has 7 nitrogen and oxygen atoms in total. The SMILES string of the molecule is COc1ccc(S(=O)(=O)Nc2cccc(-c3ccccc3)c2F)cc1S(=O)(=O)Nc1cccc(-c2ccccc2)c1F. The Morgan fingerprint density at radius 1 is 0.571 bits per heavy atom. The number of anilines is 2. The van der Waals surface area contributed by atoms with Crippen molar-refractivity contribution in [2.75, 3.05) is 16.6 Å². The average molecular weight is 607 g/mol. The van der Waals surface area contributed by atoms with Gasteiger partial charge in [0.2, 0.25) is 0 Å². The van der Waals surface area contributed by atoms with Crippen LogP contribution in [-0.4, -0.2) is 23.9 Å². The van der Waals surface area contributed by atoms with Crippen LogP contribution in [-0.2, 0) is 20.0 Å². The summed E-state index contributed by atoms with van der Waals surface area (Å²) in [5, 5.41) is 0. The molecule has 42 heavy (non-hydrogen) atoms. The maximum Gasteiger partial charge on any atom is 0.265 e. The van der Waals surface area contributed by atoms with Gasteiger partial charge in [-0.1, -0.05) is 84.9 Å². The number of ether oxygens (including phenoxy) is 1. The Hall–Kier alpha value is -4.74. The smallest absolute Gasteiger partial charge is 0.265 e. The zero-order valence-electron chi connectivity index (χ0n) is 22.1. The molecule has 0 spiro atoms. The lowest BCUT2D eigenvalue weighted by molar-refractivity contribution is 0.402. The lowest BCUT2D eigenvalue weighted by atomic mass is 10.0. The lowest BCUT2D eigenvalue weighted by Crippen LogP contribution is -2.18. The second-order valence-corrected chi connectivity index (χ2v) is 12.4. The third-order valence-corrected chi connectivity index (χ3v) is 9.14. The van der Waals surface area contributed by atoms with Gasteiger partial charge in [0.1, 0.15) is 10.6 Å². The minimum atomic E-state index is -4.57. The van der Waals surface area contributed by atoms with E-state index < -0.39 is 41.5 Å². The summed E-state index contributed by atoms with van der Waals surface area (Å²) in [6.07, 6.45) is 0. The van der Waals surface area contributed by atoms with Crippen LogP contribution < -0.4 is 14.2 Å². The van der Waals surface area contributed by atoms with Crippen molar-refractivity contribution in [2.45, 2.75) is 9.79 Å². The number of methoxy groups -OCH3 is 1.